The van der Waals surface area contributed by atoms with Gasteiger partial charge in [0, 0.05) is 32.0 Å². The topological polar surface area (TPSA) is 76.3 Å². The zero-order chi connectivity index (χ0) is 19.2. The number of hydrogen-bond acceptors (Lipinski definition) is 7. The van der Waals surface area contributed by atoms with Crippen LogP contribution in [0.4, 0.5) is 5.82 Å². The van der Waals surface area contributed by atoms with Crippen molar-refractivity contribution in [3.05, 3.63) is 24.2 Å². The predicted molar refractivity (Wildman–Crippen MR) is 108 cm³/mol. The Kier molecular flexibility index (Phi) is 6.54. The van der Waals surface area contributed by atoms with Gasteiger partial charge in [0.05, 0.1) is 12.6 Å². The van der Waals surface area contributed by atoms with Crippen LogP contribution in [0, 0.1) is 5.92 Å². The number of ether oxygens (including phenoxy) is 1. The molecule has 2 aromatic heterocycles. The fourth-order valence-electron chi connectivity index (χ4n) is 4.43. The van der Waals surface area contributed by atoms with Crippen molar-refractivity contribution in [3.63, 3.8) is 0 Å². The van der Waals surface area contributed by atoms with E-state index in [2.05, 4.69) is 20.4 Å². The highest BCUT2D eigenvalue weighted by Crippen LogP contribution is 2.35. The lowest BCUT2D eigenvalue weighted by atomic mass is 9.89. The van der Waals surface area contributed by atoms with E-state index in [-0.39, 0.29) is 6.04 Å². The van der Waals surface area contributed by atoms with Crippen molar-refractivity contribution in [1.29, 1.82) is 0 Å². The van der Waals surface area contributed by atoms with E-state index in [4.69, 9.17) is 14.2 Å². The molecular weight excluding hydrogens is 354 g/mol. The molecule has 0 bridgehead atoms. The normalized spacial score (nSPS) is 21.2. The van der Waals surface area contributed by atoms with Crippen LogP contribution in [0.1, 0.15) is 56.9 Å². The summed E-state index contributed by atoms with van der Waals surface area (Å²) in [5.74, 6) is 3.03. The molecule has 28 heavy (non-hydrogen) atoms. The molecule has 2 fully saturated rings. The SMILES string of the molecule is COCCNc1ccc(-c2noc([C@@H]3CCCN3CC3CCCCC3)n2)cn1. The van der Waals surface area contributed by atoms with Gasteiger partial charge in [-0.25, -0.2) is 4.98 Å². The van der Waals surface area contributed by atoms with Crippen molar-refractivity contribution in [1.82, 2.24) is 20.0 Å². The quantitative estimate of drug-likeness (QED) is 0.690. The molecule has 0 amide bonds. The summed E-state index contributed by atoms with van der Waals surface area (Å²) >= 11 is 0. The lowest BCUT2D eigenvalue weighted by Crippen LogP contribution is -2.30. The molecule has 1 saturated carbocycles. The Bertz CT molecular complexity index is 727. The molecule has 2 aliphatic rings. The van der Waals surface area contributed by atoms with Crippen LogP contribution in [-0.4, -0.2) is 53.4 Å². The second-order valence-electron chi connectivity index (χ2n) is 7.96. The Hall–Kier alpha value is -1.99. The highest BCUT2D eigenvalue weighted by Gasteiger charge is 2.32. The molecule has 1 aliphatic heterocycles. The standard InChI is InChI=1S/C21H31N5O2/c1-27-13-11-22-19-10-9-17(14-23-19)20-24-21(28-25-20)18-8-5-12-26(18)15-16-6-3-2-4-7-16/h9-10,14,16,18H,2-8,11-13,15H2,1H3,(H,22,23)/t18-/m0/s1. The van der Waals surface area contributed by atoms with E-state index in [9.17, 15) is 0 Å². The van der Waals surface area contributed by atoms with E-state index in [0.29, 0.717) is 12.4 Å². The van der Waals surface area contributed by atoms with Crippen LogP contribution in [-0.2, 0) is 4.74 Å². The number of hydrogen-bond donors (Lipinski definition) is 1. The highest BCUT2D eigenvalue weighted by molar-refractivity contribution is 5.55. The zero-order valence-corrected chi connectivity index (χ0v) is 16.8. The van der Waals surface area contributed by atoms with Gasteiger partial charge in [0.1, 0.15) is 5.82 Å². The van der Waals surface area contributed by atoms with E-state index in [1.54, 1.807) is 13.3 Å². The predicted octanol–water partition coefficient (Wildman–Crippen LogP) is 3.91. The summed E-state index contributed by atoms with van der Waals surface area (Å²) in [6.45, 7) is 3.69. The first-order valence-corrected chi connectivity index (χ1v) is 10.6. The van der Waals surface area contributed by atoms with Gasteiger partial charge in [0.2, 0.25) is 11.7 Å². The van der Waals surface area contributed by atoms with Crippen molar-refractivity contribution in [3.8, 4) is 11.4 Å². The Labute approximate surface area is 166 Å². The second kappa shape index (κ2) is 9.47. The highest BCUT2D eigenvalue weighted by atomic mass is 16.5. The Morgan fingerprint density at radius 2 is 2.07 bits per heavy atom. The average Bonchev–Trinajstić information content (AvgIpc) is 3.39. The molecule has 1 N–H and O–H groups in total. The summed E-state index contributed by atoms with van der Waals surface area (Å²) in [6.07, 6.45) is 11.0. The maximum absolute atomic E-state index is 5.67. The molecule has 2 aromatic rings. The summed E-state index contributed by atoms with van der Waals surface area (Å²) in [7, 11) is 1.69. The van der Waals surface area contributed by atoms with Crippen molar-refractivity contribution < 1.29 is 9.26 Å². The molecule has 0 aromatic carbocycles. The third-order valence-corrected chi connectivity index (χ3v) is 5.94. The van der Waals surface area contributed by atoms with E-state index in [1.165, 1.54) is 45.1 Å². The van der Waals surface area contributed by atoms with Gasteiger partial charge in [-0.15, -0.1) is 0 Å². The maximum Gasteiger partial charge on any atom is 0.244 e. The van der Waals surface area contributed by atoms with Crippen LogP contribution in [0.5, 0.6) is 0 Å². The minimum Gasteiger partial charge on any atom is -0.383 e. The summed E-state index contributed by atoms with van der Waals surface area (Å²) in [4.78, 5) is 11.7. The number of nitrogens with zero attached hydrogens (tertiary/aromatic N) is 4. The number of likely N-dealkylation sites (tertiary alicyclic amines) is 1. The van der Waals surface area contributed by atoms with Crippen molar-refractivity contribution in [2.45, 2.75) is 51.0 Å². The van der Waals surface area contributed by atoms with E-state index in [1.807, 2.05) is 12.1 Å². The zero-order valence-electron chi connectivity index (χ0n) is 16.8. The number of rotatable bonds is 8. The van der Waals surface area contributed by atoms with Crippen LogP contribution >= 0.6 is 0 Å². The first-order valence-electron chi connectivity index (χ1n) is 10.6. The molecule has 4 rings (SSSR count). The molecule has 1 saturated heterocycles. The molecule has 0 spiro atoms. The van der Waals surface area contributed by atoms with Gasteiger partial charge in [0.15, 0.2) is 0 Å². The minimum absolute atomic E-state index is 0.270. The first-order chi connectivity index (χ1) is 13.8. The summed E-state index contributed by atoms with van der Waals surface area (Å²) in [5.41, 5.74) is 0.879. The van der Waals surface area contributed by atoms with Crippen LogP contribution < -0.4 is 5.32 Å². The molecule has 3 heterocycles. The number of anilines is 1. The summed E-state index contributed by atoms with van der Waals surface area (Å²) in [5, 5.41) is 7.44. The van der Waals surface area contributed by atoms with Crippen LogP contribution in [0.2, 0.25) is 0 Å². The lowest BCUT2D eigenvalue weighted by molar-refractivity contribution is 0.163. The van der Waals surface area contributed by atoms with Gasteiger partial charge in [-0.05, 0) is 50.3 Å². The second-order valence-corrected chi connectivity index (χ2v) is 7.96. The fraction of sp³-hybridized carbons (Fsp3) is 0.667. The van der Waals surface area contributed by atoms with Crippen molar-refractivity contribution >= 4 is 5.82 Å². The maximum atomic E-state index is 5.67. The molecule has 1 aliphatic carbocycles. The molecule has 7 heteroatoms. The van der Waals surface area contributed by atoms with E-state index in [0.717, 1.165) is 42.7 Å². The Morgan fingerprint density at radius 1 is 1.18 bits per heavy atom. The summed E-state index contributed by atoms with van der Waals surface area (Å²) in [6, 6.07) is 4.18. The van der Waals surface area contributed by atoms with Crippen LogP contribution in [0.25, 0.3) is 11.4 Å². The fourth-order valence-corrected chi connectivity index (χ4v) is 4.43. The monoisotopic (exact) mass is 385 g/mol. The largest absolute Gasteiger partial charge is 0.383 e. The van der Waals surface area contributed by atoms with Gasteiger partial charge < -0.3 is 14.6 Å². The molecule has 0 unspecified atom stereocenters. The minimum atomic E-state index is 0.270. The average molecular weight is 386 g/mol. The third-order valence-electron chi connectivity index (χ3n) is 5.94. The number of nitrogens with one attached hydrogen (secondary N) is 1. The van der Waals surface area contributed by atoms with Gasteiger partial charge in [0.25, 0.3) is 0 Å². The number of methoxy groups -OCH3 is 1. The van der Waals surface area contributed by atoms with Crippen molar-refractivity contribution in [2.24, 2.45) is 5.92 Å². The van der Waals surface area contributed by atoms with Gasteiger partial charge in [-0.2, -0.15) is 4.98 Å². The third kappa shape index (κ3) is 4.70. The van der Waals surface area contributed by atoms with Crippen LogP contribution in [0.15, 0.2) is 22.9 Å². The first kappa shape index (κ1) is 19.3. The Balaban J connectivity index is 1.39. The smallest absolute Gasteiger partial charge is 0.244 e. The van der Waals surface area contributed by atoms with Crippen molar-refractivity contribution in [2.75, 3.05) is 38.7 Å². The molecule has 7 nitrogen and oxygen atoms in total. The molecular formula is C21H31N5O2. The number of pyridine rings is 1. The summed E-state index contributed by atoms with van der Waals surface area (Å²) < 4.78 is 10.7. The lowest BCUT2D eigenvalue weighted by Gasteiger charge is -2.29. The molecule has 152 valence electrons. The number of aromatic nitrogens is 3. The van der Waals surface area contributed by atoms with E-state index < -0.39 is 0 Å². The van der Waals surface area contributed by atoms with Gasteiger partial charge in [-0.3, -0.25) is 4.90 Å². The van der Waals surface area contributed by atoms with Gasteiger partial charge >= 0.3 is 0 Å². The van der Waals surface area contributed by atoms with Gasteiger partial charge in [-0.1, -0.05) is 24.4 Å². The Morgan fingerprint density at radius 3 is 2.86 bits per heavy atom. The molecule has 0 radical (unpaired) electrons. The van der Waals surface area contributed by atoms with Crippen LogP contribution in [0.3, 0.4) is 0 Å². The molecule has 1 atom stereocenters. The van der Waals surface area contributed by atoms with E-state index >= 15 is 0 Å².